The molecule has 0 amide bonds. The van der Waals surface area contributed by atoms with Crippen LogP contribution in [-0.4, -0.2) is 18.6 Å². The lowest BCUT2D eigenvalue weighted by molar-refractivity contribution is -0.144. The maximum atomic E-state index is 11.9. The summed E-state index contributed by atoms with van der Waals surface area (Å²) < 4.78 is 6.38. The van der Waals surface area contributed by atoms with Crippen LogP contribution >= 0.6 is 0 Å². The van der Waals surface area contributed by atoms with Crippen molar-refractivity contribution in [1.29, 1.82) is 0 Å². The molecule has 0 fully saturated rings. The van der Waals surface area contributed by atoms with Crippen molar-refractivity contribution >= 4 is 24.9 Å². The lowest BCUT2D eigenvalue weighted by Gasteiger charge is -2.10. The highest BCUT2D eigenvalue weighted by atomic mass is 28.3. The van der Waals surface area contributed by atoms with Gasteiger partial charge in [0.25, 0.3) is 5.56 Å². The summed E-state index contributed by atoms with van der Waals surface area (Å²) in [6.45, 7) is 7.82. The van der Waals surface area contributed by atoms with E-state index in [0.717, 1.165) is 16.5 Å². The molecule has 0 atom stereocenters. The number of rotatable bonds is 2. The number of aromatic nitrogens is 1. The molecule has 0 radical (unpaired) electrons. The average Bonchev–Trinajstić information content (AvgIpc) is 2.43. The van der Waals surface area contributed by atoms with Gasteiger partial charge in [-0.3, -0.25) is 14.2 Å². The number of carbonyl (C=O) groups excluding carboxylic acids is 1. The zero-order chi connectivity index (χ0) is 16.3. The van der Waals surface area contributed by atoms with Crippen molar-refractivity contribution in [2.24, 2.45) is 0 Å². The molecule has 0 aliphatic carbocycles. The maximum Gasteiger partial charge on any atom is 0.304 e. The number of esters is 1. The topological polar surface area (TPSA) is 48.3 Å². The van der Waals surface area contributed by atoms with Gasteiger partial charge in [-0.2, -0.15) is 0 Å². The number of pyridine rings is 1. The van der Waals surface area contributed by atoms with Crippen molar-refractivity contribution in [1.82, 2.24) is 4.57 Å². The number of hydrogen-bond acceptors (Lipinski definition) is 3. The van der Waals surface area contributed by atoms with Crippen molar-refractivity contribution in [3.63, 3.8) is 0 Å². The van der Waals surface area contributed by atoms with Gasteiger partial charge in [-0.05, 0) is 29.7 Å². The van der Waals surface area contributed by atoms with Crippen LogP contribution in [0.1, 0.15) is 12.5 Å². The second-order valence-corrected chi connectivity index (χ2v) is 10.9. The molecule has 0 aliphatic rings. The van der Waals surface area contributed by atoms with E-state index in [1.54, 1.807) is 6.07 Å². The first-order valence-corrected chi connectivity index (χ1v) is 10.6. The Morgan fingerprint density at radius 2 is 1.95 bits per heavy atom. The fourth-order valence-corrected chi connectivity index (χ4v) is 2.45. The molecule has 114 valence electrons. The van der Waals surface area contributed by atoms with Gasteiger partial charge in [0.1, 0.15) is 8.07 Å². The minimum Gasteiger partial charge on any atom is -0.444 e. The molecular weight excluding hydrogens is 294 g/mol. The summed E-state index contributed by atoms with van der Waals surface area (Å²) in [5.74, 6) is 2.78. The minimum atomic E-state index is -1.43. The Bertz CT molecular complexity index is 835. The van der Waals surface area contributed by atoms with Crippen LogP contribution in [0.4, 0.5) is 0 Å². The molecular formula is C17H19NO3Si. The van der Waals surface area contributed by atoms with Crippen LogP contribution in [0, 0.1) is 11.5 Å². The van der Waals surface area contributed by atoms with E-state index in [0.29, 0.717) is 0 Å². The van der Waals surface area contributed by atoms with Crippen LogP contribution in [0.3, 0.4) is 0 Å². The normalized spacial score (nSPS) is 10.9. The van der Waals surface area contributed by atoms with Gasteiger partial charge in [-0.1, -0.05) is 25.6 Å². The number of benzene rings is 1. The zero-order valence-electron chi connectivity index (χ0n) is 13.3. The number of nitrogens with zero attached hydrogens (tertiary/aromatic N) is 1. The minimum absolute atomic E-state index is 0.0779. The molecule has 4 nitrogen and oxygen atoms in total. The van der Waals surface area contributed by atoms with Crippen LogP contribution in [0.2, 0.25) is 19.6 Å². The summed E-state index contributed by atoms with van der Waals surface area (Å²) in [6, 6.07) is 8.92. The predicted octanol–water partition coefficient (Wildman–Crippen LogP) is 2.75. The van der Waals surface area contributed by atoms with Crippen molar-refractivity contribution in [2.75, 3.05) is 0 Å². The molecule has 1 heterocycles. The van der Waals surface area contributed by atoms with Crippen molar-refractivity contribution in [3.05, 3.63) is 46.2 Å². The number of carbonyl (C=O) groups is 1. The first-order valence-electron chi connectivity index (χ1n) is 7.06. The first-order chi connectivity index (χ1) is 10.3. The fraction of sp³-hybridized carbons (Fsp3) is 0.294. The maximum absolute atomic E-state index is 11.9. The van der Waals surface area contributed by atoms with E-state index in [4.69, 9.17) is 4.74 Å². The summed E-state index contributed by atoms with van der Waals surface area (Å²) in [5.41, 5.74) is 4.77. The molecule has 0 saturated carbocycles. The molecule has 5 heteroatoms. The molecule has 0 aliphatic heterocycles. The smallest absolute Gasteiger partial charge is 0.304 e. The Hall–Kier alpha value is -2.32. The van der Waals surface area contributed by atoms with Gasteiger partial charge < -0.3 is 4.74 Å². The third-order valence-electron chi connectivity index (χ3n) is 2.97. The van der Waals surface area contributed by atoms with Gasteiger partial charge in [0, 0.05) is 18.6 Å². The lowest BCUT2D eigenvalue weighted by Crippen LogP contribution is -2.21. The Morgan fingerprint density at radius 3 is 2.59 bits per heavy atom. The third-order valence-corrected chi connectivity index (χ3v) is 3.84. The number of fused-ring (bicyclic) bond motifs is 1. The fourth-order valence-electron chi connectivity index (χ4n) is 1.93. The van der Waals surface area contributed by atoms with Gasteiger partial charge in [0.05, 0.1) is 5.52 Å². The molecule has 0 unspecified atom stereocenters. The number of ether oxygens (including phenoxy) is 1. The van der Waals surface area contributed by atoms with E-state index < -0.39 is 14.0 Å². The second kappa shape index (κ2) is 6.20. The molecule has 2 rings (SSSR count). The second-order valence-electron chi connectivity index (χ2n) is 6.14. The Morgan fingerprint density at radius 1 is 1.23 bits per heavy atom. The van der Waals surface area contributed by atoms with Gasteiger partial charge in [0.2, 0.25) is 0 Å². The molecule has 2 aromatic rings. The highest BCUT2D eigenvalue weighted by molar-refractivity contribution is 6.83. The predicted molar refractivity (Wildman–Crippen MR) is 90.2 cm³/mol. The summed E-state index contributed by atoms with van der Waals surface area (Å²) in [4.78, 5) is 22.9. The molecule has 1 aromatic heterocycles. The molecule has 0 saturated heterocycles. The van der Waals surface area contributed by atoms with Gasteiger partial charge in [-0.15, -0.1) is 5.54 Å². The van der Waals surface area contributed by atoms with E-state index >= 15 is 0 Å². The average molecular weight is 313 g/mol. The summed E-state index contributed by atoms with van der Waals surface area (Å²) in [7, 11) is -1.43. The van der Waals surface area contributed by atoms with E-state index in [9.17, 15) is 9.59 Å². The monoisotopic (exact) mass is 313 g/mol. The van der Waals surface area contributed by atoms with Crippen LogP contribution in [0.15, 0.2) is 35.1 Å². The third kappa shape index (κ3) is 4.09. The van der Waals surface area contributed by atoms with E-state index in [2.05, 4.69) is 31.1 Å². The quantitative estimate of drug-likeness (QED) is 0.486. The van der Waals surface area contributed by atoms with Gasteiger partial charge in [0.15, 0.2) is 6.73 Å². The zero-order valence-corrected chi connectivity index (χ0v) is 14.3. The first kappa shape index (κ1) is 16.1. The van der Waals surface area contributed by atoms with E-state index in [-0.39, 0.29) is 12.3 Å². The molecule has 22 heavy (non-hydrogen) atoms. The molecule has 1 aromatic carbocycles. The van der Waals surface area contributed by atoms with E-state index in [1.807, 2.05) is 18.2 Å². The van der Waals surface area contributed by atoms with Gasteiger partial charge >= 0.3 is 5.97 Å². The van der Waals surface area contributed by atoms with E-state index in [1.165, 1.54) is 17.6 Å². The summed E-state index contributed by atoms with van der Waals surface area (Å²) in [5, 5.41) is 0.897. The van der Waals surface area contributed by atoms with Crippen LogP contribution in [0.5, 0.6) is 0 Å². The summed E-state index contributed by atoms with van der Waals surface area (Å²) >= 11 is 0. The Labute approximate surface area is 130 Å². The Balaban J connectivity index is 2.47. The molecule has 0 spiro atoms. The highest BCUT2D eigenvalue weighted by Crippen LogP contribution is 2.14. The van der Waals surface area contributed by atoms with Crippen LogP contribution in [-0.2, 0) is 16.3 Å². The van der Waals surface area contributed by atoms with Crippen molar-refractivity contribution in [3.8, 4) is 11.5 Å². The van der Waals surface area contributed by atoms with Crippen molar-refractivity contribution < 1.29 is 9.53 Å². The molecule has 0 bridgehead atoms. The standard InChI is InChI=1S/C17H19NO3Si/c1-13(19)21-12-18-16-7-5-14(9-10-22(2,3)4)11-15(16)6-8-17(18)20/h5-8,11H,12H2,1-4H3. The number of hydrogen-bond donors (Lipinski definition) is 0. The molecule has 0 N–H and O–H groups in total. The largest absolute Gasteiger partial charge is 0.444 e. The van der Waals surface area contributed by atoms with Crippen LogP contribution < -0.4 is 5.56 Å². The van der Waals surface area contributed by atoms with Gasteiger partial charge in [-0.25, -0.2) is 0 Å². The Kier molecular flexibility index (Phi) is 4.53. The summed E-state index contributed by atoms with van der Waals surface area (Å²) in [6.07, 6.45) is 0. The van der Waals surface area contributed by atoms with Crippen LogP contribution in [0.25, 0.3) is 10.9 Å². The lowest BCUT2D eigenvalue weighted by atomic mass is 10.1. The SMILES string of the molecule is CC(=O)OCn1c(=O)ccc2cc(C#C[Si](C)(C)C)ccc21. The van der Waals surface area contributed by atoms with Crippen molar-refractivity contribution in [2.45, 2.75) is 33.3 Å². The highest BCUT2D eigenvalue weighted by Gasteiger charge is 2.08.